The smallest absolute Gasteiger partial charge is 0.408 e. The predicted octanol–water partition coefficient (Wildman–Crippen LogP) is 4.23. The maximum absolute atomic E-state index is 14.0. The summed E-state index contributed by atoms with van der Waals surface area (Å²) in [5.74, 6) is -1.62. The number of aromatic nitrogens is 1. The number of ketones is 1. The van der Waals surface area contributed by atoms with Gasteiger partial charge in [-0.1, -0.05) is 92.7 Å². The number of Topliss-reactive ketones (excluding diaryl/α,β-unsaturated/α-hetero) is 1. The van der Waals surface area contributed by atoms with Crippen molar-refractivity contribution in [3.8, 4) is 0 Å². The number of H-pyrrole nitrogens is 1. The first-order valence-electron chi connectivity index (χ1n) is 15.5. The molecule has 0 aliphatic carbocycles. The molecule has 1 saturated heterocycles. The SMILES string of the molecule is CC(C)[C@@H](NC(=O)OCc1ccccc1)C(=O)N[C@@H](Cc1c[nH]c2ccccc12)C(=O)N[C@@H](Cc1ccccc1)C(=O)[C@]1(C)CO1. The van der Waals surface area contributed by atoms with Gasteiger partial charge < -0.3 is 30.4 Å². The van der Waals surface area contributed by atoms with Crippen LogP contribution in [0.4, 0.5) is 4.79 Å². The average Bonchev–Trinajstić information content (AvgIpc) is 3.69. The lowest BCUT2D eigenvalue weighted by molar-refractivity contribution is -0.133. The fourth-order valence-corrected chi connectivity index (χ4v) is 5.37. The monoisotopic (exact) mass is 624 g/mol. The Kier molecular flexibility index (Phi) is 10.2. The molecule has 1 aliphatic rings. The van der Waals surface area contributed by atoms with Crippen LogP contribution in [0, 0.1) is 5.92 Å². The standard InChI is InChI=1S/C36H40N4O6/c1-23(2)31(40-35(44)45-21-25-14-8-5-9-15-25)34(43)39-30(19-26-20-37-28-17-11-10-16-27(26)28)33(42)38-29(32(41)36(3)22-46-36)18-24-12-6-4-7-13-24/h4-17,20,23,29-31,37H,18-19,21-22H2,1-3H3,(H,38,42)(H,39,43)(H,40,44)/t29-,30-,31+,36-/m0/s1. The zero-order valence-electron chi connectivity index (χ0n) is 26.2. The highest BCUT2D eigenvalue weighted by molar-refractivity contribution is 5.99. The molecule has 3 aromatic carbocycles. The average molecular weight is 625 g/mol. The number of carbonyl (C=O) groups is 4. The number of ether oxygens (including phenoxy) is 2. The van der Waals surface area contributed by atoms with Gasteiger partial charge in [-0.25, -0.2) is 4.79 Å². The second-order valence-electron chi connectivity index (χ2n) is 12.2. The lowest BCUT2D eigenvalue weighted by Gasteiger charge is -2.27. The van der Waals surface area contributed by atoms with Crippen molar-refractivity contribution in [2.75, 3.05) is 6.61 Å². The van der Waals surface area contributed by atoms with E-state index in [1.165, 1.54) is 0 Å². The normalized spacial score (nSPS) is 17.5. The molecule has 0 saturated carbocycles. The Morgan fingerprint density at radius 1 is 0.804 bits per heavy atom. The summed E-state index contributed by atoms with van der Waals surface area (Å²) in [6.07, 6.45) is 1.47. The van der Waals surface area contributed by atoms with Crippen molar-refractivity contribution < 1.29 is 28.7 Å². The van der Waals surface area contributed by atoms with E-state index in [0.29, 0.717) is 0 Å². The minimum Gasteiger partial charge on any atom is -0.445 e. The fourth-order valence-electron chi connectivity index (χ4n) is 5.37. The Balaban J connectivity index is 1.35. The van der Waals surface area contributed by atoms with Crippen molar-refractivity contribution in [3.63, 3.8) is 0 Å². The van der Waals surface area contributed by atoms with Gasteiger partial charge in [-0.2, -0.15) is 0 Å². The van der Waals surface area contributed by atoms with Gasteiger partial charge in [0.1, 0.15) is 24.3 Å². The van der Waals surface area contributed by atoms with Crippen LogP contribution in [0.3, 0.4) is 0 Å². The number of nitrogens with one attached hydrogen (secondary N) is 4. The number of epoxide rings is 1. The van der Waals surface area contributed by atoms with Crippen LogP contribution in [0.1, 0.15) is 37.5 Å². The third-order valence-electron chi connectivity index (χ3n) is 8.18. The first-order chi connectivity index (χ1) is 22.1. The van der Waals surface area contributed by atoms with Crippen LogP contribution in [0.25, 0.3) is 10.9 Å². The van der Waals surface area contributed by atoms with E-state index in [-0.39, 0.29) is 37.8 Å². The summed E-state index contributed by atoms with van der Waals surface area (Å²) in [7, 11) is 0. The molecule has 46 heavy (non-hydrogen) atoms. The van der Waals surface area contributed by atoms with Gasteiger partial charge in [-0.15, -0.1) is 0 Å². The van der Waals surface area contributed by atoms with Gasteiger partial charge in [0.25, 0.3) is 0 Å². The number of hydrogen-bond donors (Lipinski definition) is 4. The van der Waals surface area contributed by atoms with Crippen LogP contribution in [-0.2, 0) is 43.3 Å². The Morgan fingerprint density at radius 3 is 2.07 bits per heavy atom. The van der Waals surface area contributed by atoms with Crippen LogP contribution in [-0.4, -0.2) is 59.0 Å². The van der Waals surface area contributed by atoms with Crippen LogP contribution in [0.15, 0.2) is 91.1 Å². The molecule has 5 rings (SSSR count). The van der Waals surface area contributed by atoms with Crippen LogP contribution < -0.4 is 16.0 Å². The van der Waals surface area contributed by atoms with E-state index in [4.69, 9.17) is 9.47 Å². The third-order valence-corrected chi connectivity index (χ3v) is 8.18. The number of alkyl carbamates (subject to hydrolysis) is 1. The largest absolute Gasteiger partial charge is 0.445 e. The van der Waals surface area contributed by atoms with E-state index in [1.54, 1.807) is 20.8 Å². The summed E-state index contributed by atoms with van der Waals surface area (Å²) < 4.78 is 10.8. The summed E-state index contributed by atoms with van der Waals surface area (Å²) >= 11 is 0. The third kappa shape index (κ3) is 8.19. The highest BCUT2D eigenvalue weighted by atomic mass is 16.6. The number of carbonyl (C=O) groups excluding carboxylic acids is 4. The van der Waals surface area contributed by atoms with Crippen LogP contribution in [0.2, 0.25) is 0 Å². The minimum absolute atomic E-state index is 0.0458. The van der Waals surface area contributed by atoms with Crippen molar-refractivity contribution in [1.29, 1.82) is 0 Å². The molecule has 10 nitrogen and oxygen atoms in total. The molecule has 2 heterocycles. The Labute approximate surface area is 268 Å². The lowest BCUT2D eigenvalue weighted by Crippen LogP contribution is -2.58. The summed E-state index contributed by atoms with van der Waals surface area (Å²) in [6, 6.07) is 23.4. The van der Waals surface area contributed by atoms with Crippen molar-refractivity contribution in [1.82, 2.24) is 20.9 Å². The molecule has 0 radical (unpaired) electrons. The van der Waals surface area contributed by atoms with Gasteiger partial charge >= 0.3 is 6.09 Å². The van der Waals surface area contributed by atoms with E-state index in [0.717, 1.165) is 27.6 Å². The molecule has 240 valence electrons. The highest BCUT2D eigenvalue weighted by Crippen LogP contribution is 2.29. The van der Waals surface area contributed by atoms with E-state index in [2.05, 4.69) is 20.9 Å². The zero-order valence-corrected chi connectivity index (χ0v) is 26.2. The van der Waals surface area contributed by atoms with Crippen LogP contribution >= 0.6 is 0 Å². The van der Waals surface area contributed by atoms with E-state index < -0.39 is 41.6 Å². The molecule has 0 bridgehead atoms. The minimum atomic E-state index is -1.06. The first-order valence-corrected chi connectivity index (χ1v) is 15.5. The number of hydrogen-bond acceptors (Lipinski definition) is 6. The quantitative estimate of drug-likeness (QED) is 0.155. The molecule has 0 spiro atoms. The summed E-state index contributed by atoms with van der Waals surface area (Å²) in [5, 5.41) is 9.35. The molecule has 4 aromatic rings. The maximum atomic E-state index is 14.0. The molecule has 3 amide bonds. The summed E-state index contributed by atoms with van der Waals surface area (Å²) in [6.45, 7) is 5.62. The summed E-state index contributed by atoms with van der Waals surface area (Å²) in [4.78, 5) is 57.2. The number of aromatic amines is 1. The van der Waals surface area contributed by atoms with Crippen molar-refractivity contribution in [2.24, 2.45) is 5.92 Å². The molecule has 4 atom stereocenters. The van der Waals surface area contributed by atoms with Crippen molar-refractivity contribution in [2.45, 2.75) is 63.9 Å². The topological polar surface area (TPSA) is 142 Å². The van der Waals surface area contributed by atoms with Crippen molar-refractivity contribution >= 4 is 34.6 Å². The second-order valence-corrected chi connectivity index (χ2v) is 12.2. The number of benzene rings is 3. The Bertz CT molecular complexity index is 1670. The molecule has 4 N–H and O–H groups in total. The van der Waals surface area contributed by atoms with E-state index >= 15 is 0 Å². The van der Waals surface area contributed by atoms with Crippen LogP contribution in [0.5, 0.6) is 0 Å². The van der Waals surface area contributed by atoms with Gasteiger partial charge in [0.2, 0.25) is 11.8 Å². The number of rotatable bonds is 14. The van der Waals surface area contributed by atoms with Gasteiger partial charge in [0, 0.05) is 23.5 Å². The molecule has 1 aromatic heterocycles. The molecule has 10 heteroatoms. The molecule has 1 aliphatic heterocycles. The predicted molar refractivity (Wildman–Crippen MR) is 174 cm³/mol. The first kappa shape index (κ1) is 32.4. The van der Waals surface area contributed by atoms with Gasteiger partial charge in [0.05, 0.1) is 12.6 Å². The van der Waals surface area contributed by atoms with Gasteiger partial charge in [-0.3, -0.25) is 14.4 Å². The second kappa shape index (κ2) is 14.4. The van der Waals surface area contributed by atoms with E-state index in [1.807, 2.05) is 91.1 Å². The van der Waals surface area contributed by atoms with Gasteiger partial charge in [0.15, 0.2) is 5.78 Å². The Hall–Kier alpha value is -4.96. The van der Waals surface area contributed by atoms with Crippen molar-refractivity contribution in [3.05, 3.63) is 108 Å². The number of fused-ring (bicyclic) bond motifs is 1. The molecular weight excluding hydrogens is 584 g/mol. The summed E-state index contributed by atoms with van der Waals surface area (Å²) in [5.41, 5.74) is 2.43. The highest BCUT2D eigenvalue weighted by Gasteiger charge is 2.50. The maximum Gasteiger partial charge on any atom is 0.408 e. The fraction of sp³-hybridized carbons (Fsp3) is 0.333. The zero-order chi connectivity index (χ0) is 32.7. The number of amides is 3. The Morgan fingerprint density at radius 2 is 1.41 bits per heavy atom. The van der Waals surface area contributed by atoms with E-state index in [9.17, 15) is 19.2 Å². The van der Waals surface area contributed by atoms with Gasteiger partial charge in [-0.05, 0) is 42.0 Å². The molecule has 1 fully saturated rings. The lowest BCUT2D eigenvalue weighted by atomic mass is 9.94. The molecule has 0 unspecified atom stereocenters. The number of para-hydroxylation sites is 1. The molecular formula is C36H40N4O6.